The Morgan fingerprint density at radius 1 is 1.03 bits per heavy atom. The number of piperazine rings is 1. The standard InChI is InChI=1S/C24H36N4O/c1-19(2)18-28-21(4)23(20(3)25-28)10-11-24(29)27-16-14-26(15-17-27)13-12-22-8-6-5-7-9-22/h5-9,19H,10-18H2,1-4H3. The average molecular weight is 397 g/mol. The fourth-order valence-corrected chi connectivity index (χ4v) is 4.16. The van der Waals surface area contributed by atoms with Gasteiger partial charge in [-0.2, -0.15) is 5.10 Å². The number of rotatable bonds is 8. The van der Waals surface area contributed by atoms with Gasteiger partial charge in [-0.1, -0.05) is 44.2 Å². The van der Waals surface area contributed by atoms with Gasteiger partial charge in [0.05, 0.1) is 5.69 Å². The van der Waals surface area contributed by atoms with Crippen molar-refractivity contribution in [3.8, 4) is 0 Å². The molecule has 1 aliphatic heterocycles. The van der Waals surface area contributed by atoms with Gasteiger partial charge in [-0.05, 0) is 43.7 Å². The molecule has 0 bridgehead atoms. The highest BCUT2D eigenvalue weighted by Crippen LogP contribution is 2.17. The van der Waals surface area contributed by atoms with Crippen LogP contribution in [0.5, 0.6) is 0 Å². The highest BCUT2D eigenvalue weighted by atomic mass is 16.2. The van der Waals surface area contributed by atoms with E-state index in [1.54, 1.807) is 0 Å². The molecule has 1 aromatic carbocycles. The maximum absolute atomic E-state index is 12.7. The number of hydrogen-bond donors (Lipinski definition) is 0. The third-order valence-electron chi connectivity index (χ3n) is 5.94. The van der Waals surface area contributed by atoms with Crippen LogP contribution in [-0.2, 0) is 24.2 Å². The van der Waals surface area contributed by atoms with E-state index in [4.69, 9.17) is 0 Å². The number of aryl methyl sites for hydroxylation is 1. The van der Waals surface area contributed by atoms with Crippen molar-refractivity contribution < 1.29 is 4.79 Å². The van der Waals surface area contributed by atoms with Gasteiger partial charge in [-0.25, -0.2) is 0 Å². The Morgan fingerprint density at radius 2 is 1.72 bits per heavy atom. The van der Waals surface area contributed by atoms with Crippen molar-refractivity contribution >= 4 is 5.91 Å². The minimum absolute atomic E-state index is 0.281. The Kier molecular flexibility index (Phi) is 7.48. The number of aromatic nitrogens is 2. The molecular weight excluding hydrogens is 360 g/mol. The predicted octanol–water partition coefficient (Wildman–Crippen LogP) is 3.48. The molecule has 0 N–H and O–H groups in total. The van der Waals surface area contributed by atoms with Crippen molar-refractivity contribution in [2.45, 2.75) is 53.5 Å². The third-order valence-corrected chi connectivity index (χ3v) is 5.94. The molecule has 1 aromatic heterocycles. The van der Waals surface area contributed by atoms with Gasteiger partial charge in [0.15, 0.2) is 0 Å². The molecule has 5 nitrogen and oxygen atoms in total. The van der Waals surface area contributed by atoms with Crippen LogP contribution in [0.1, 0.15) is 42.8 Å². The molecule has 0 unspecified atom stereocenters. The molecule has 0 spiro atoms. The molecular formula is C24H36N4O. The zero-order valence-corrected chi connectivity index (χ0v) is 18.5. The lowest BCUT2D eigenvalue weighted by atomic mass is 10.1. The molecule has 1 saturated heterocycles. The first-order valence-corrected chi connectivity index (χ1v) is 11.0. The van der Waals surface area contributed by atoms with E-state index < -0.39 is 0 Å². The lowest BCUT2D eigenvalue weighted by Gasteiger charge is -2.34. The number of carbonyl (C=O) groups excluding carboxylic acids is 1. The Bertz CT molecular complexity index is 789. The van der Waals surface area contributed by atoms with E-state index in [1.807, 2.05) is 4.90 Å². The van der Waals surface area contributed by atoms with Gasteiger partial charge in [0.1, 0.15) is 0 Å². The van der Waals surface area contributed by atoms with Crippen molar-refractivity contribution in [3.05, 3.63) is 52.8 Å². The van der Waals surface area contributed by atoms with Gasteiger partial charge in [-0.3, -0.25) is 14.4 Å². The molecule has 5 heteroatoms. The number of carbonyl (C=O) groups is 1. The smallest absolute Gasteiger partial charge is 0.222 e. The zero-order chi connectivity index (χ0) is 20.8. The highest BCUT2D eigenvalue weighted by Gasteiger charge is 2.22. The van der Waals surface area contributed by atoms with Gasteiger partial charge >= 0.3 is 0 Å². The lowest BCUT2D eigenvalue weighted by Crippen LogP contribution is -2.49. The second kappa shape index (κ2) is 10.1. The second-order valence-electron chi connectivity index (χ2n) is 8.68. The number of nitrogens with zero attached hydrogens (tertiary/aromatic N) is 4. The molecule has 158 valence electrons. The normalized spacial score (nSPS) is 15.3. The lowest BCUT2D eigenvalue weighted by molar-refractivity contribution is -0.132. The largest absolute Gasteiger partial charge is 0.340 e. The summed E-state index contributed by atoms with van der Waals surface area (Å²) in [5, 5.41) is 4.68. The Balaban J connectivity index is 1.44. The monoisotopic (exact) mass is 396 g/mol. The van der Waals surface area contributed by atoms with Crippen LogP contribution in [0.3, 0.4) is 0 Å². The molecule has 0 aliphatic carbocycles. The Hall–Kier alpha value is -2.14. The van der Waals surface area contributed by atoms with Crippen molar-refractivity contribution in [2.24, 2.45) is 5.92 Å². The van der Waals surface area contributed by atoms with E-state index in [2.05, 4.69) is 72.7 Å². The Labute approximate surface area is 175 Å². The van der Waals surface area contributed by atoms with E-state index in [0.29, 0.717) is 12.3 Å². The van der Waals surface area contributed by atoms with Gasteiger partial charge < -0.3 is 4.90 Å². The van der Waals surface area contributed by atoms with Crippen LogP contribution in [-0.4, -0.2) is 58.2 Å². The van der Waals surface area contributed by atoms with E-state index in [0.717, 1.165) is 57.8 Å². The molecule has 1 aliphatic rings. The number of amides is 1. The first-order valence-electron chi connectivity index (χ1n) is 11.0. The summed E-state index contributed by atoms with van der Waals surface area (Å²) in [5.41, 5.74) is 4.92. The fourth-order valence-electron chi connectivity index (χ4n) is 4.16. The summed E-state index contributed by atoms with van der Waals surface area (Å²) in [7, 11) is 0. The summed E-state index contributed by atoms with van der Waals surface area (Å²) in [5.74, 6) is 0.851. The van der Waals surface area contributed by atoms with Crippen LogP contribution in [0.2, 0.25) is 0 Å². The number of hydrogen-bond acceptors (Lipinski definition) is 3. The van der Waals surface area contributed by atoms with Crippen molar-refractivity contribution in [1.29, 1.82) is 0 Å². The summed E-state index contributed by atoms with van der Waals surface area (Å²) in [4.78, 5) is 17.3. The van der Waals surface area contributed by atoms with E-state index in [9.17, 15) is 4.79 Å². The topological polar surface area (TPSA) is 41.4 Å². The number of benzene rings is 1. The van der Waals surface area contributed by atoms with Crippen LogP contribution < -0.4 is 0 Å². The predicted molar refractivity (Wildman–Crippen MR) is 118 cm³/mol. The third kappa shape index (κ3) is 5.92. The molecule has 0 saturated carbocycles. The van der Waals surface area contributed by atoms with Gasteiger partial charge in [0.2, 0.25) is 5.91 Å². The summed E-state index contributed by atoms with van der Waals surface area (Å²) < 4.78 is 2.10. The SMILES string of the molecule is Cc1nn(CC(C)C)c(C)c1CCC(=O)N1CCN(CCc2ccccc2)CC1. The van der Waals surface area contributed by atoms with Gasteiger partial charge in [-0.15, -0.1) is 0 Å². The maximum Gasteiger partial charge on any atom is 0.222 e. The van der Waals surface area contributed by atoms with Crippen molar-refractivity contribution in [2.75, 3.05) is 32.7 Å². The highest BCUT2D eigenvalue weighted by molar-refractivity contribution is 5.76. The molecule has 3 rings (SSSR count). The summed E-state index contributed by atoms with van der Waals surface area (Å²) >= 11 is 0. The first-order chi connectivity index (χ1) is 13.9. The van der Waals surface area contributed by atoms with E-state index in [-0.39, 0.29) is 5.91 Å². The molecule has 0 radical (unpaired) electrons. The van der Waals surface area contributed by atoms with Gasteiger partial charge in [0.25, 0.3) is 0 Å². The minimum atomic E-state index is 0.281. The molecule has 2 aromatic rings. The summed E-state index contributed by atoms with van der Waals surface area (Å²) in [6.07, 6.45) is 2.45. The van der Waals surface area contributed by atoms with Crippen molar-refractivity contribution in [1.82, 2.24) is 19.6 Å². The Morgan fingerprint density at radius 3 is 2.38 bits per heavy atom. The first kappa shape index (κ1) is 21.6. The van der Waals surface area contributed by atoms with Crippen LogP contribution in [0, 0.1) is 19.8 Å². The van der Waals surface area contributed by atoms with Crippen LogP contribution in [0.4, 0.5) is 0 Å². The molecule has 2 heterocycles. The fraction of sp³-hybridized carbons (Fsp3) is 0.583. The molecule has 1 fully saturated rings. The molecule has 0 atom stereocenters. The maximum atomic E-state index is 12.7. The second-order valence-corrected chi connectivity index (χ2v) is 8.68. The quantitative estimate of drug-likeness (QED) is 0.686. The summed E-state index contributed by atoms with van der Waals surface area (Å²) in [6.45, 7) is 14.3. The van der Waals surface area contributed by atoms with Gasteiger partial charge in [0, 0.05) is 51.4 Å². The van der Waals surface area contributed by atoms with E-state index in [1.165, 1.54) is 16.8 Å². The van der Waals surface area contributed by atoms with Crippen LogP contribution in [0.15, 0.2) is 30.3 Å². The summed E-state index contributed by atoms with van der Waals surface area (Å²) in [6, 6.07) is 10.6. The van der Waals surface area contributed by atoms with Crippen LogP contribution in [0.25, 0.3) is 0 Å². The minimum Gasteiger partial charge on any atom is -0.340 e. The van der Waals surface area contributed by atoms with E-state index >= 15 is 0 Å². The van der Waals surface area contributed by atoms with Crippen LogP contribution >= 0.6 is 0 Å². The zero-order valence-electron chi connectivity index (χ0n) is 18.5. The average Bonchev–Trinajstić information content (AvgIpc) is 2.98. The van der Waals surface area contributed by atoms with Crippen molar-refractivity contribution in [3.63, 3.8) is 0 Å². The molecule has 1 amide bonds. The molecule has 29 heavy (non-hydrogen) atoms.